The molecule has 0 aromatic heterocycles. The van der Waals surface area contributed by atoms with E-state index in [-0.39, 0.29) is 0 Å². The number of carbonyl (C=O) groups excluding carboxylic acids is 1. The van der Waals surface area contributed by atoms with E-state index in [1.165, 1.54) is 0 Å². The summed E-state index contributed by atoms with van der Waals surface area (Å²) in [6.45, 7) is 1.53. The van der Waals surface area contributed by atoms with Crippen LogP contribution >= 0.6 is 23.2 Å². The number of hydrogen-bond acceptors (Lipinski definition) is 4. The second-order valence-corrected chi connectivity index (χ2v) is 4.79. The van der Waals surface area contributed by atoms with Crippen molar-refractivity contribution in [3.63, 3.8) is 0 Å². The SMILES string of the molecule is CO.NC(C=O)Cc1ccc(N(CCCl)CCCl)cc1. The standard InChI is InChI=1S/C13H18Cl2N2O.CH4O/c14-5-7-17(8-6-15)13-3-1-11(2-4-13)9-12(16)10-18;1-2/h1-4,10,12H,5-9,16H2;2H,1H3. The number of benzene rings is 1. The number of anilines is 1. The van der Waals surface area contributed by atoms with E-state index in [1.807, 2.05) is 24.3 Å². The molecule has 1 aromatic rings. The average Bonchev–Trinajstić information content (AvgIpc) is 2.50. The minimum Gasteiger partial charge on any atom is -0.400 e. The highest BCUT2D eigenvalue weighted by molar-refractivity contribution is 6.18. The van der Waals surface area contributed by atoms with Crippen molar-refractivity contribution in [2.24, 2.45) is 5.73 Å². The molecule has 0 aliphatic heterocycles. The molecule has 4 nitrogen and oxygen atoms in total. The molecule has 1 rings (SSSR count). The zero-order chi connectivity index (χ0) is 15.4. The number of aldehydes is 1. The minimum atomic E-state index is -0.433. The molecular formula is C14H22Cl2N2O2. The van der Waals surface area contributed by atoms with Crippen LogP contribution in [0.4, 0.5) is 5.69 Å². The van der Waals surface area contributed by atoms with E-state index in [9.17, 15) is 4.79 Å². The van der Waals surface area contributed by atoms with Gasteiger partial charge in [-0.3, -0.25) is 0 Å². The van der Waals surface area contributed by atoms with Crippen LogP contribution in [0.25, 0.3) is 0 Å². The Bertz CT molecular complexity index is 355. The van der Waals surface area contributed by atoms with E-state index in [4.69, 9.17) is 34.0 Å². The van der Waals surface area contributed by atoms with Crippen molar-refractivity contribution in [2.45, 2.75) is 12.5 Å². The van der Waals surface area contributed by atoms with Crippen LogP contribution in [0.15, 0.2) is 24.3 Å². The molecule has 0 saturated heterocycles. The van der Waals surface area contributed by atoms with Gasteiger partial charge in [0, 0.05) is 37.6 Å². The first-order valence-corrected chi connectivity index (χ1v) is 7.39. The average molecular weight is 321 g/mol. The minimum absolute atomic E-state index is 0.433. The van der Waals surface area contributed by atoms with Gasteiger partial charge in [-0.2, -0.15) is 0 Å². The molecule has 0 bridgehead atoms. The van der Waals surface area contributed by atoms with Crippen molar-refractivity contribution in [3.05, 3.63) is 29.8 Å². The third-order valence-corrected chi connectivity index (χ3v) is 2.99. The highest BCUT2D eigenvalue weighted by Gasteiger charge is 2.06. The lowest BCUT2D eigenvalue weighted by atomic mass is 10.1. The smallest absolute Gasteiger partial charge is 0.137 e. The molecule has 0 radical (unpaired) electrons. The van der Waals surface area contributed by atoms with Crippen molar-refractivity contribution in [1.29, 1.82) is 0 Å². The zero-order valence-electron chi connectivity index (χ0n) is 11.6. The summed E-state index contributed by atoms with van der Waals surface area (Å²) >= 11 is 11.5. The third kappa shape index (κ3) is 7.10. The molecular weight excluding hydrogens is 299 g/mol. The fourth-order valence-electron chi connectivity index (χ4n) is 1.74. The van der Waals surface area contributed by atoms with Gasteiger partial charge in [-0.25, -0.2) is 0 Å². The summed E-state index contributed by atoms with van der Waals surface area (Å²) in [6.07, 6.45) is 1.33. The Morgan fingerprint density at radius 1 is 1.20 bits per heavy atom. The molecule has 0 saturated carbocycles. The number of nitrogens with zero attached hydrogens (tertiary/aromatic N) is 1. The highest BCUT2D eigenvalue weighted by atomic mass is 35.5. The second kappa shape index (κ2) is 12.0. The summed E-state index contributed by atoms with van der Waals surface area (Å²) in [5.74, 6) is 1.13. The van der Waals surface area contributed by atoms with Crippen LogP contribution in [0.1, 0.15) is 5.56 Å². The van der Waals surface area contributed by atoms with Gasteiger partial charge in [-0.1, -0.05) is 12.1 Å². The van der Waals surface area contributed by atoms with Crippen molar-refractivity contribution in [1.82, 2.24) is 0 Å². The van der Waals surface area contributed by atoms with E-state index in [0.29, 0.717) is 18.2 Å². The Morgan fingerprint density at radius 2 is 1.70 bits per heavy atom. The largest absolute Gasteiger partial charge is 0.400 e. The first-order chi connectivity index (χ1) is 9.71. The molecule has 1 aromatic carbocycles. The Kier molecular flexibility index (Phi) is 11.5. The zero-order valence-corrected chi connectivity index (χ0v) is 13.1. The van der Waals surface area contributed by atoms with E-state index in [1.54, 1.807) is 0 Å². The first kappa shape index (κ1) is 19.2. The van der Waals surface area contributed by atoms with E-state index >= 15 is 0 Å². The number of halogens is 2. The summed E-state index contributed by atoms with van der Waals surface area (Å²) in [5.41, 5.74) is 7.72. The Morgan fingerprint density at radius 3 is 2.10 bits per heavy atom. The van der Waals surface area contributed by atoms with Crippen LogP contribution in [0, 0.1) is 0 Å². The fourth-order valence-corrected chi connectivity index (χ4v) is 2.15. The Hall–Kier alpha value is -0.810. The highest BCUT2D eigenvalue weighted by Crippen LogP contribution is 2.16. The second-order valence-electron chi connectivity index (χ2n) is 4.04. The molecule has 1 atom stereocenters. The lowest BCUT2D eigenvalue weighted by Gasteiger charge is -2.23. The maximum Gasteiger partial charge on any atom is 0.137 e. The van der Waals surface area contributed by atoms with Gasteiger partial charge < -0.3 is 20.5 Å². The number of rotatable bonds is 8. The lowest BCUT2D eigenvalue weighted by molar-refractivity contribution is -0.108. The molecule has 0 fully saturated rings. The quantitative estimate of drug-likeness (QED) is 0.564. The van der Waals surface area contributed by atoms with Gasteiger partial charge in [0.25, 0.3) is 0 Å². The van der Waals surface area contributed by atoms with Gasteiger partial charge in [0.2, 0.25) is 0 Å². The van der Waals surface area contributed by atoms with Crippen LogP contribution < -0.4 is 10.6 Å². The third-order valence-electron chi connectivity index (χ3n) is 2.66. The Labute approximate surface area is 130 Å². The van der Waals surface area contributed by atoms with E-state index < -0.39 is 6.04 Å². The number of alkyl halides is 2. The normalized spacial score (nSPS) is 11.2. The van der Waals surface area contributed by atoms with Crippen LogP contribution in [0.3, 0.4) is 0 Å². The molecule has 1 unspecified atom stereocenters. The van der Waals surface area contributed by atoms with Gasteiger partial charge in [-0.15, -0.1) is 23.2 Å². The number of aliphatic hydroxyl groups excluding tert-OH is 1. The topological polar surface area (TPSA) is 66.6 Å². The molecule has 0 amide bonds. The van der Waals surface area contributed by atoms with Crippen molar-refractivity contribution >= 4 is 35.2 Å². The molecule has 20 heavy (non-hydrogen) atoms. The molecule has 0 spiro atoms. The van der Waals surface area contributed by atoms with Gasteiger partial charge in [0.1, 0.15) is 6.29 Å². The van der Waals surface area contributed by atoms with Crippen molar-refractivity contribution < 1.29 is 9.90 Å². The maximum absolute atomic E-state index is 10.5. The summed E-state index contributed by atoms with van der Waals surface area (Å²) in [7, 11) is 1.00. The van der Waals surface area contributed by atoms with Crippen LogP contribution in [-0.4, -0.2) is 49.4 Å². The molecule has 0 heterocycles. The van der Waals surface area contributed by atoms with Gasteiger partial charge in [0.05, 0.1) is 6.04 Å². The van der Waals surface area contributed by atoms with Crippen molar-refractivity contribution in [3.8, 4) is 0 Å². The van der Waals surface area contributed by atoms with E-state index in [2.05, 4.69) is 4.90 Å². The molecule has 114 valence electrons. The Balaban J connectivity index is 0.00000172. The predicted molar refractivity (Wildman–Crippen MR) is 86.0 cm³/mol. The fraction of sp³-hybridized carbons (Fsp3) is 0.500. The number of hydrogen-bond donors (Lipinski definition) is 2. The van der Waals surface area contributed by atoms with Crippen molar-refractivity contribution in [2.75, 3.05) is 36.9 Å². The molecule has 6 heteroatoms. The van der Waals surface area contributed by atoms with E-state index in [0.717, 1.165) is 37.7 Å². The van der Waals surface area contributed by atoms with Gasteiger partial charge in [-0.05, 0) is 24.1 Å². The first-order valence-electron chi connectivity index (χ1n) is 6.32. The number of carbonyl (C=O) groups is 1. The summed E-state index contributed by atoms with van der Waals surface area (Å²) in [6, 6.07) is 7.54. The van der Waals surface area contributed by atoms with Crippen LogP contribution in [-0.2, 0) is 11.2 Å². The number of aliphatic hydroxyl groups is 1. The summed E-state index contributed by atoms with van der Waals surface area (Å²) < 4.78 is 0. The molecule has 0 aliphatic rings. The van der Waals surface area contributed by atoms with Gasteiger partial charge in [0.15, 0.2) is 0 Å². The van der Waals surface area contributed by atoms with Gasteiger partial charge >= 0.3 is 0 Å². The monoisotopic (exact) mass is 320 g/mol. The predicted octanol–water partition coefficient (Wildman–Crippen LogP) is 1.65. The lowest BCUT2D eigenvalue weighted by Crippen LogP contribution is -2.27. The number of nitrogens with two attached hydrogens (primary N) is 1. The molecule has 3 N–H and O–H groups in total. The van der Waals surface area contributed by atoms with Crippen LogP contribution in [0.5, 0.6) is 0 Å². The summed E-state index contributed by atoms with van der Waals surface area (Å²) in [4.78, 5) is 12.6. The van der Waals surface area contributed by atoms with Crippen LogP contribution in [0.2, 0.25) is 0 Å². The maximum atomic E-state index is 10.5. The summed E-state index contributed by atoms with van der Waals surface area (Å²) in [5, 5.41) is 7.00. The molecule has 0 aliphatic carbocycles.